The van der Waals surface area contributed by atoms with Gasteiger partial charge in [-0.25, -0.2) is 9.69 Å². The van der Waals surface area contributed by atoms with Gasteiger partial charge in [0.15, 0.2) is 0 Å². The molecule has 1 saturated heterocycles. The van der Waals surface area contributed by atoms with Gasteiger partial charge in [-0.2, -0.15) is 5.26 Å². The number of carbonyl (C=O) groups excluding carboxylic acids is 2. The van der Waals surface area contributed by atoms with Crippen molar-refractivity contribution < 1.29 is 14.3 Å². The minimum absolute atomic E-state index is 0.0750. The van der Waals surface area contributed by atoms with Crippen molar-refractivity contribution in [3.8, 4) is 6.07 Å². The molecule has 5 nitrogen and oxygen atoms in total. The second kappa shape index (κ2) is 3.90. The lowest BCUT2D eigenvalue weighted by Gasteiger charge is -2.10. The normalized spacial score (nSPS) is 17.8. The number of rotatable bonds is 2. The third kappa shape index (κ3) is 2.18. The van der Waals surface area contributed by atoms with Gasteiger partial charge in [-0.15, -0.1) is 0 Å². The van der Waals surface area contributed by atoms with E-state index in [2.05, 4.69) is 4.74 Å². The Hall–Kier alpha value is -1.57. The Balaban J connectivity index is 2.49. The topological polar surface area (TPSA) is 70.4 Å². The van der Waals surface area contributed by atoms with E-state index in [1.165, 1.54) is 0 Å². The van der Waals surface area contributed by atoms with Gasteiger partial charge >= 0.3 is 6.09 Å². The van der Waals surface area contributed by atoms with Crippen LogP contribution in [-0.2, 0) is 9.53 Å². The number of nitrogens with zero attached hydrogens (tertiary/aromatic N) is 2. The summed E-state index contributed by atoms with van der Waals surface area (Å²) in [7, 11) is 0. The zero-order valence-electron chi connectivity index (χ0n) is 7.32. The van der Waals surface area contributed by atoms with E-state index in [1.807, 2.05) is 6.07 Å². The summed E-state index contributed by atoms with van der Waals surface area (Å²) in [6.07, 6.45) is -0.527. The van der Waals surface area contributed by atoms with Crippen molar-refractivity contribution in [2.75, 3.05) is 13.2 Å². The molecule has 13 heavy (non-hydrogen) atoms. The van der Waals surface area contributed by atoms with Crippen molar-refractivity contribution in [1.82, 2.24) is 4.90 Å². The van der Waals surface area contributed by atoms with Crippen LogP contribution in [0.1, 0.15) is 13.3 Å². The number of hydrogen-bond donors (Lipinski definition) is 0. The van der Waals surface area contributed by atoms with Crippen LogP contribution in [0.4, 0.5) is 4.79 Å². The molecule has 0 saturated carbocycles. The average molecular weight is 182 g/mol. The molecule has 70 valence electrons. The predicted octanol–water partition coefficient (Wildman–Crippen LogP) is 0.515. The number of nitriles is 1. The molecule has 0 radical (unpaired) electrons. The molecule has 1 fully saturated rings. The smallest absolute Gasteiger partial charge is 0.416 e. The molecule has 1 aliphatic rings. The van der Waals surface area contributed by atoms with Gasteiger partial charge in [-0.3, -0.25) is 4.79 Å². The van der Waals surface area contributed by atoms with Gasteiger partial charge in [0.2, 0.25) is 5.91 Å². The first kappa shape index (κ1) is 9.52. The second-order valence-corrected chi connectivity index (χ2v) is 2.89. The van der Waals surface area contributed by atoms with E-state index in [9.17, 15) is 9.59 Å². The highest BCUT2D eigenvalue weighted by molar-refractivity contribution is 5.93. The van der Waals surface area contributed by atoms with E-state index < -0.39 is 6.09 Å². The number of hydrogen-bond acceptors (Lipinski definition) is 4. The molecule has 1 unspecified atom stereocenters. The van der Waals surface area contributed by atoms with E-state index in [1.54, 1.807) is 6.92 Å². The lowest BCUT2D eigenvalue weighted by atomic mass is 10.1. The Morgan fingerprint density at radius 1 is 1.85 bits per heavy atom. The molecule has 5 heteroatoms. The van der Waals surface area contributed by atoms with E-state index in [-0.39, 0.29) is 24.9 Å². The number of imide groups is 1. The van der Waals surface area contributed by atoms with E-state index >= 15 is 0 Å². The van der Waals surface area contributed by atoms with E-state index in [0.717, 1.165) is 4.90 Å². The van der Waals surface area contributed by atoms with E-state index in [0.29, 0.717) is 6.54 Å². The third-order valence-electron chi connectivity index (χ3n) is 1.76. The van der Waals surface area contributed by atoms with Crippen LogP contribution in [0.5, 0.6) is 0 Å². The highest BCUT2D eigenvalue weighted by atomic mass is 16.6. The first-order valence-electron chi connectivity index (χ1n) is 4.02. The third-order valence-corrected chi connectivity index (χ3v) is 1.76. The highest BCUT2D eigenvalue weighted by Crippen LogP contribution is 2.09. The Bertz CT molecular complexity index is 269. The summed E-state index contributed by atoms with van der Waals surface area (Å²) in [5.41, 5.74) is 0. The molecule has 0 aromatic rings. The first-order chi connectivity index (χ1) is 6.15. The molecule has 0 aromatic carbocycles. The molecular weight excluding hydrogens is 172 g/mol. The van der Waals surface area contributed by atoms with Gasteiger partial charge in [-0.05, 0) is 6.92 Å². The molecule has 1 atom stereocenters. The minimum atomic E-state index is -0.602. The molecule has 1 heterocycles. The number of cyclic esters (lactones) is 1. The molecule has 0 bridgehead atoms. The summed E-state index contributed by atoms with van der Waals surface area (Å²) >= 11 is 0. The van der Waals surface area contributed by atoms with Crippen LogP contribution in [0.3, 0.4) is 0 Å². The van der Waals surface area contributed by atoms with Crippen molar-refractivity contribution in [2.24, 2.45) is 5.92 Å². The fourth-order valence-corrected chi connectivity index (χ4v) is 1.04. The lowest BCUT2D eigenvalue weighted by Crippen LogP contribution is -2.32. The summed E-state index contributed by atoms with van der Waals surface area (Å²) in [5.74, 6) is -0.697. The van der Waals surface area contributed by atoms with Crippen molar-refractivity contribution in [3.05, 3.63) is 0 Å². The molecule has 0 aromatic heterocycles. The zero-order valence-corrected chi connectivity index (χ0v) is 7.32. The van der Waals surface area contributed by atoms with Crippen LogP contribution in [0.25, 0.3) is 0 Å². The van der Waals surface area contributed by atoms with Crippen LogP contribution in [0.15, 0.2) is 0 Å². The van der Waals surface area contributed by atoms with Crippen LogP contribution >= 0.6 is 0 Å². The number of amides is 2. The molecule has 0 spiro atoms. The second-order valence-electron chi connectivity index (χ2n) is 2.89. The maximum atomic E-state index is 11.3. The van der Waals surface area contributed by atoms with Crippen molar-refractivity contribution in [1.29, 1.82) is 5.26 Å². The summed E-state index contributed by atoms with van der Waals surface area (Å²) in [5, 5.41) is 8.46. The fraction of sp³-hybridized carbons (Fsp3) is 0.625. The molecule has 0 N–H and O–H groups in total. The fourth-order valence-electron chi connectivity index (χ4n) is 1.04. The van der Waals surface area contributed by atoms with Crippen LogP contribution < -0.4 is 0 Å². The van der Waals surface area contributed by atoms with Crippen molar-refractivity contribution >= 4 is 12.0 Å². The van der Waals surface area contributed by atoms with Gasteiger partial charge in [0.05, 0.1) is 18.5 Å². The monoisotopic (exact) mass is 182 g/mol. The number of ether oxygens (including phenoxy) is 1. The van der Waals surface area contributed by atoms with Gasteiger partial charge in [0.1, 0.15) is 6.61 Å². The van der Waals surface area contributed by atoms with Gasteiger partial charge in [0.25, 0.3) is 0 Å². The summed E-state index contributed by atoms with van der Waals surface area (Å²) in [4.78, 5) is 23.2. The Morgan fingerprint density at radius 3 is 3.00 bits per heavy atom. The van der Waals surface area contributed by atoms with E-state index in [4.69, 9.17) is 5.26 Å². The molecule has 0 aliphatic carbocycles. The Kier molecular flexibility index (Phi) is 2.85. The van der Waals surface area contributed by atoms with Gasteiger partial charge < -0.3 is 4.74 Å². The van der Waals surface area contributed by atoms with Crippen LogP contribution in [-0.4, -0.2) is 30.1 Å². The molecule has 2 amide bonds. The van der Waals surface area contributed by atoms with Gasteiger partial charge in [-0.1, -0.05) is 0 Å². The van der Waals surface area contributed by atoms with Crippen LogP contribution in [0, 0.1) is 17.2 Å². The molecule has 1 rings (SSSR count). The maximum absolute atomic E-state index is 11.3. The summed E-state index contributed by atoms with van der Waals surface area (Å²) < 4.78 is 4.59. The highest BCUT2D eigenvalue weighted by Gasteiger charge is 2.28. The zero-order chi connectivity index (χ0) is 9.84. The lowest BCUT2D eigenvalue weighted by molar-refractivity contribution is -0.128. The predicted molar refractivity (Wildman–Crippen MR) is 42.5 cm³/mol. The minimum Gasteiger partial charge on any atom is -0.447 e. The molecule has 1 aliphatic heterocycles. The average Bonchev–Trinajstić information content (AvgIpc) is 2.51. The SMILES string of the molecule is CC(C#N)CC(=O)N1CCOC1=O. The van der Waals surface area contributed by atoms with Crippen LogP contribution in [0.2, 0.25) is 0 Å². The van der Waals surface area contributed by atoms with Gasteiger partial charge in [0, 0.05) is 6.42 Å². The summed E-state index contributed by atoms with van der Waals surface area (Å²) in [6, 6.07) is 1.93. The summed E-state index contributed by atoms with van der Waals surface area (Å²) in [6.45, 7) is 2.20. The first-order valence-corrected chi connectivity index (χ1v) is 4.02. The molecular formula is C8H10N2O3. The van der Waals surface area contributed by atoms with Crippen molar-refractivity contribution in [2.45, 2.75) is 13.3 Å². The largest absolute Gasteiger partial charge is 0.447 e. The Morgan fingerprint density at radius 2 is 2.54 bits per heavy atom. The number of carbonyl (C=O) groups is 2. The Labute approximate surface area is 75.9 Å². The van der Waals surface area contributed by atoms with Crippen molar-refractivity contribution in [3.63, 3.8) is 0 Å². The quantitative estimate of drug-likeness (QED) is 0.624. The standard InChI is InChI=1S/C8H10N2O3/c1-6(5-9)4-7(11)10-2-3-13-8(10)12/h6H,2-4H2,1H3. The maximum Gasteiger partial charge on any atom is 0.416 e.